The van der Waals surface area contributed by atoms with Crippen LogP contribution in [0.15, 0.2) is 0 Å². The van der Waals surface area contributed by atoms with E-state index in [-0.39, 0.29) is 0 Å². The Labute approximate surface area is 103 Å². The molecule has 0 saturated carbocycles. The van der Waals surface area contributed by atoms with Crippen molar-refractivity contribution >= 4 is 6.09 Å². The van der Waals surface area contributed by atoms with Crippen molar-refractivity contribution in [2.24, 2.45) is 0 Å². The molecule has 5 heteroatoms. The van der Waals surface area contributed by atoms with E-state index in [1.54, 1.807) is 7.05 Å². The molecule has 0 radical (unpaired) electrons. The third-order valence-corrected chi connectivity index (χ3v) is 2.69. The lowest BCUT2D eigenvalue weighted by Gasteiger charge is -2.36. The first-order chi connectivity index (χ1) is 7.72. The molecule has 5 nitrogen and oxygen atoms in total. The van der Waals surface area contributed by atoms with Crippen LogP contribution in [0.3, 0.4) is 0 Å². The first-order valence-electron chi connectivity index (χ1n) is 6.09. The fraction of sp³-hybridized carbons (Fsp3) is 0.917. The molecule has 1 heterocycles. The number of ether oxygens (including phenoxy) is 1. The Bertz CT molecular complexity index is 267. The Balaban J connectivity index is 2.47. The van der Waals surface area contributed by atoms with Gasteiger partial charge in [-0.15, -0.1) is 0 Å². The second-order valence-corrected chi connectivity index (χ2v) is 5.84. The zero-order valence-corrected chi connectivity index (χ0v) is 11.2. The highest BCUT2D eigenvalue weighted by Crippen LogP contribution is 2.18. The van der Waals surface area contributed by atoms with Gasteiger partial charge in [0.05, 0.1) is 12.1 Å². The van der Waals surface area contributed by atoms with Crippen molar-refractivity contribution in [3.05, 3.63) is 0 Å². The van der Waals surface area contributed by atoms with E-state index in [0.717, 1.165) is 13.0 Å². The molecule has 1 rings (SSSR count). The van der Waals surface area contributed by atoms with Crippen LogP contribution in [0.25, 0.3) is 0 Å². The number of nitrogens with zero attached hydrogens (tertiary/aromatic N) is 1. The molecule has 0 aromatic carbocycles. The predicted octanol–water partition coefficient (Wildman–Crippen LogP) is 0.968. The fourth-order valence-corrected chi connectivity index (χ4v) is 1.93. The minimum absolute atomic E-state index is 0.301. The molecule has 1 saturated heterocycles. The number of likely N-dealkylation sites (N-methyl/N-ethyl adjacent to an activating group) is 1. The molecule has 2 N–H and O–H groups in total. The molecular weight excluding hydrogens is 220 g/mol. The number of carbonyl (C=O) groups excluding carboxylic acids is 1. The summed E-state index contributed by atoms with van der Waals surface area (Å²) in [5.41, 5.74) is -1.33. The van der Waals surface area contributed by atoms with E-state index in [2.05, 4.69) is 5.32 Å². The van der Waals surface area contributed by atoms with Gasteiger partial charge in [0.15, 0.2) is 0 Å². The zero-order chi connectivity index (χ0) is 13.1. The summed E-state index contributed by atoms with van der Waals surface area (Å²) in [4.78, 5) is 13.2. The molecule has 100 valence electrons. The Kier molecular flexibility index (Phi) is 4.38. The van der Waals surface area contributed by atoms with Crippen molar-refractivity contribution in [3.63, 3.8) is 0 Å². The van der Waals surface area contributed by atoms with Crippen molar-refractivity contribution in [3.8, 4) is 0 Å². The van der Waals surface area contributed by atoms with Gasteiger partial charge in [-0.1, -0.05) is 0 Å². The fourth-order valence-electron chi connectivity index (χ4n) is 1.93. The summed E-state index contributed by atoms with van der Waals surface area (Å²) >= 11 is 0. The molecule has 0 aromatic heterocycles. The lowest BCUT2D eigenvalue weighted by atomic mass is 9.94. The van der Waals surface area contributed by atoms with Crippen molar-refractivity contribution < 1.29 is 14.6 Å². The van der Waals surface area contributed by atoms with Crippen LogP contribution in [0.5, 0.6) is 0 Å². The lowest BCUT2D eigenvalue weighted by molar-refractivity contribution is -0.0233. The Hall–Kier alpha value is -0.810. The van der Waals surface area contributed by atoms with Crippen LogP contribution in [0.1, 0.15) is 33.6 Å². The number of hydrogen-bond acceptors (Lipinski definition) is 4. The summed E-state index contributed by atoms with van der Waals surface area (Å²) in [5.74, 6) is 0. The number of hydrogen-bond donors (Lipinski definition) is 2. The SMILES string of the molecule is CN(CC1(O)CCCNC1)C(=O)OC(C)(C)C. The number of rotatable bonds is 2. The van der Waals surface area contributed by atoms with Crippen LogP contribution in [0.2, 0.25) is 0 Å². The summed E-state index contributed by atoms with van der Waals surface area (Å²) < 4.78 is 5.24. The summed E-state index contributed by atoms with van der Waals surface area (Å²) in [6.45, 7) is 7.24. The second-order valence-electron chi connectivity index (χ2n) is 5.84. The van der Waals surface area contributed by atoms with E-state index in [0.29, 0.717) is 19.5 Å². The number of aliphatic hydroxyl groups is 1. The average molecular weight is 244 g/mol. The van der Waals surface area contributed by atoms with E-state index >= 15 is 0 Å². The maximum atomic E-state index is 11.7. The Morgan fingerprint density at radius 2 is 2.18 bits per heavy atom. The van der Waals surface area contributed by atoms with Crippen molar-refractivity contribution in [2.75, 3.05) is 26.7 Å². The molecular formula is C12H24N2O3. The molecule has 0 bridgehead atoms. The van der Waals surface area contributed by atoms with Gasteiger partial charge in [0.2, 0.25) is 0 Å². The maximum Gasteiger partial charge on any atom is 0.410 e. The van der Waals surface area contributed by atoms with Gasteiger partial charge in [0.1, 0.15) is 5.60 Å². The number of β-amino-alcohol motifs (C(OH)–C–C–N with tert-alkyl or cyclic N) is 1. The summed E-state index contributed by atoms with van der Waals surface area (Å²) in [6.07, 6.45) is 1.25. The summed E-state index contributed by atoms with van der Waals surface area (Å²) in [7, 11) is 1.65. The van der Waals surface area contributed by atoms with Crippen LogP contribution in [-0.4, -0.2) is 54.0 Å². The minimum atomic E-state index is -0.829. The molecule has 0 spiro atoms. The van der Waals surface area contributed by atoms with E-state index in [4.69, 9.17) is 4.74 Å². The van der Waals surface area contributed by atoms with Crippen LogP contribution < -0.4 is 5.32 Å². The van der Waals surface area contributed by atoms with Crippen molar-refractivity contribution in [2.45, 2.75) is 44.8 Å². The molecule has 17 heavy (non-hydrogen) atoms. The van der Waals surface area contributed by atoms with Crippen LogP contribution in [-0.2, 0) is 4.74 Å². The third-order valence-electron chi connectivity index (χ3n) is 2.69. The van der Waals surface area contributed by atoms with Crippen LogP contribution in [0, 0.1) is 0 Å². The molecule has 1 amide bonds. The van der Waals surface area contributed by atoms with Gasteiger partial charge in [0, 0.05) is 13.6 Å². The maximum absolute atomic E-state index is 11.7. The quantitative estimate of drug-likeness (QED) is 0.760. The lowest BCUT2D eigenvalue weighted by Crippen LogP contribution is -2.53. The van der Waals surface area contributed by atoms with Gasteiger partial charge >= 0.3 is 6.09 Å². The van der Waals surface area contributed by atoms with Crippen molar-refractivity contribution in [1.29, 1.82) is 0 Å². The first kappa shape index (κ1) is 14.3. The van der Waals surface area contributed by atoms with Gasteiger partial charge in [0.25, 0.3) is 0 Å². The van der Waals surface area contributed by atoms with E-state index in [1.807, 2.05) is 20.8 Å². The van der Waals surface area contributed by atoms with Crippen molar-refractivity contribution in [1.82, 2.24) is 10.2 Å². The van der Waals surface area contributed by atoms with E-state index in [1.165, 1.54) is 4.90 Å². The normalized spacial score (nSPS) is 25.5. The molecule has 1 aliphatic heterocycles. The third kappa shape index (κ3) is 4.91. The largest absolute Gasteiger partial charge is 0.444 e. The van der Waals surface area contributed by atoms with Crippen LogP contribution in [0.4, 0.5) is 4.79 Å². The standard InChI is InChI=1S/C12H24N2O3/c1-11(2,3)17-10(15)14(4)9-12(16)6-5-7-13-8-12/h13,16H,5-9H2,1-4H3. The molecule has 0 aromatic rings. The monoisotopic (exact) mass is 244 g/mol. The number of carbonyl (C=O) groups is 1. The number of amides is 1. The second kappa shape index (κ2) is 5.23. The number of nitrogens with one attached hydrogen (secondary N) is 1. The van der Waals surface area contributed by atoms with Gasteiger partial charge in [-0.3, -0.25) is 0 Å². The Morgan fingerprint density at radius 1 is 1.53 bits per heavy atom. The minimum Gasteiger partial charge on any atom is -0.444 e. The topological polar surface area (TPSA) is 61.8 Å². The highest BCUT2D eigenvalue weighted by molar-refractivity contribution is 5.67. The van der Waals surface area contributed by atoms with E-state index in [9.17, 15) is 9.90 Å². The average Bonchev–Trinajstić information content (AvgIpc) is 2.15. The smallest absolute Gasteiger partial charge is 0.410 e. The first-order valence-corrected chi connectivity index (χ1v) is 6.09. The zero-order valence-electron chi connectivity index (χ0n) is 11.2. The molecule has 1 fully saturated rings. The molecule has 0 aliphatic carbocycles. The van der Waals surface area contributed by atoms with Crippen LogP contribution >= 0.6 is 0 Å². The Morgan fingerprint density at radius 3 is 2.65 bits per heavy atom. The van der Waals surface area contributed by atoms with E-state index < -0.39 is 17.3 Å². The molecule has 1 unspecified atom stereocenters. The summed E-state index contributed by atoms with van der Waals surface area (Å²) in [6, 6.07) is 0. The highest BCUT2D eigenvalue weighted by Gasteiger charge is 2.33. The molecule has 1 aliphatic rings. The van der Waals surface area contributed by atoms with Gasteiger partial charge < -0.3 is 20.1 Å². The predicted molar refractivity (Wildman–Crippen MR) is 65.9 cm³/mol. The number of piperidine rings is 1. The summed E-state index contributed by atoms with van der Waals surface area (Å²) in [5, 5.41) is 13.4. The van der Waals surface area contributed by atoms with Gasteiger partial charge in [-0.05, 0) is 40.2 Å². The molecule has 1 atom stereocenters. The van der Waals surface area contributed by atoms with Gasteiger partial charge in [-0.25, -0.2) is 4.79 Å². The highest BCUT2D eigenvalue weighted by atomic mass is 16.6. The van der Waals surface area contributed by atoms with Gasteiger partial charge in [-0.2, -0.15) is 0 Å².